The maximum atomic E-state index is 13.4. The minimum Gasteiger partial charge on any atom is -0.258 e. The van der Waals surface area contributed by atoms with Crippen LogP contribution in [0, 0.1) is 23.7 Å². The van der Waals surface area contributed by atoms with Crippen LogP contribution < -0.4 is 0 Å². The fraction of sp³-hybridized carbons (Fsp3) is 1.00. The minimum absolute atomic E-state index is 0.122. The third-order valence-electron chi connectivity index (χ3n) is 5.38. The zero-order valence-corrected chi connectivity index (χ0v) is 14.9. The van der Waals surface area contributed by atoms with E-state index in [1.807, 2.05) is 0 Å². The Morgan fingerprint density at radius 1 is 0.611 bits per heavy atom. The van der Waals surface area contributed by atoms with Crippen LogP contribution in [0.25, 0.3) is 0 Å². The molecular weight excluding hydrogens is 240 g/mol. The molecule has 0 spiro atoms. The molecule has 0 rings (SSSR count). The maximum absolute atomic E-state index is 13.4. The van der Waals surface area contributed by atoms with Crippen LogP contribution in [0.1, 0.15) is 69.2 Å². The van der Waals surface area contributed by atoms with Gasteiger partial charge in [0.1, 0.15) is 0 Å². The largest absolute Gasteiger partial charge is 0.258 e. The number of hydrogen-bond donors (Lipinski definition) is 0. The van der Waals surface area contributed by atoms with E-state index >= 15 is 0 Å². The predicted molar refractivity (Wildman–Crippen MR) is 84.3 cm³/mol. The highest BCUT2D eigenvalue weighted by atomic mass is 32.2. The molecule has 0 atom stereocenters. The van der Waals surface area contributed by atoms with Gasteiger partial charge < -0.3 is 0 Å². The second kappa shape index (κ2) is 6.07. The second-order valence-electron chi connectivity index (χ2n) is 7.26. The van der Waals surface area contributed by atoms with Crippen molar-refractivity contribution in [3.8, 4) is 0 Å². The Labute approximate surface area is 118 Å². The SMILES string of the molecule is CC(C)C(C)(C(C)C)S(=O)C(C)(C(C)C)C(C)C. The van der Waals surface area contributed by atoms with Crippen molar-refractivity contribution in [2.24, 2.45) is 23.7 Å². The summed E-state index contributed by atoms with van der Waals surface area (Å²) in [7, 11) is -0.847. The first kappa shape index (κ1) is 18.1. The molecule has 0 amide bonds. The van der Waals surface area contributed by atoms with Gasteiger partial charge in [-0.05, 0) is 37.5 Å². The summed E-state index contributed by atoms with van der Waals surface area (Å²) in [5.74, 6) is 1.70. The van der Waals surface area contributed by atoms with Crippen molar-refractivity contribution < 1.29 is 4.21 Å². The summed E-state index contributed by atoms with van der Waals surface area (Å²) in [6.45, 7) is 22.1. The van der Waals surface area contributed by atoms with Crippen molar-refractivity contribution in [1.82, 2.24) is 0 Å². The van der Waals surface area contributed by atoms with Gasteiger partial charge in [0.15, 0.2) is 0 Å². The first-order chi connectivity index (χ1) is 7.93. The van der Waals surface area contributed by atoms with Crippen molar-refractivity contribution >= 4 is 10.8 Å². The molecular formula is C16H34OS. The van der Waals surface area contributed by atoms with Crippen molar-refractivity contribution in [3.63, 3.8) is 0 Å². The molecule has 1 nitrogen and oxygen atoms in total. The Balaban J connectivity index is 5.72. The maximum Gasteiger partial charge on any atom is 0.0482 e. The van der Waals surface area contributed by atoms with E-state index in [9.17, 15) is 4.21 Å². The summed E-state index contributed by atoms with van der Waals surface area (Å²) in [5.41, 5.74) is 0. The first-order valence-corrected chi connectivity index (χ1v) is 8.50. The second-order valence-corrected chi connectivity index (χ2v) is 9.55. The van der Waals surface area contributed by atoms with Crippen LogP contribution in [0.15, 0.2) is 0 Å². The lowest BCUT2D eigenvalue weighted by Gasteiger charge is -2.47. The summed E-state index contributed by atoms with van der Waals surface area (Å²) >= 11 is 0. The fourth-order valence-corrected chi connectivity index (χ4v) is 5.32. The Morgan fingerprint density at radius 2 is 0.778 bits per heavy atom. The molecule has 0 saturated heterocycles. The molecule has 0 aromatic heterocycles. The molecule has 18 heavy (non-hydrogen) atoms. The average Bonchev–Trinajstić information content (AvgIpc) is 2.24. The van der Waals surface area contributed by atoms with E-state index in [4.69, 9.17) is 0 Å². The van der Waals surface area contributed by atoms with E-state index in [-0.39, 0.29) is 9.49 Å². The van der Waals surface area contributed by atoms with Crippen molar-refractivity contribution in [3.05, 3.63) is 0 Å². The molecule has 2 heteroatoms. The summed E-state index contributed by atoms with van der Waals surface area (Å²) in [5, 5.41) is 0. The lowest BCUT2D eigenvalue weighted by molar-refractivity contribution is 0.305. The van der Waals surface area contributed by atoms with Crippen LogP contribution in [-0.2, 0) is 10.8 Å². The lowest BCUT2D eigenvalue weighted by Crippen LogP contribution is -2.55. The molecule has 0 bridgehead atoms. The fourth-order valence-electron chi connectivity index (χ4n) is 2.66. The molecule has 0 unspecified atom stereocenters. The van der Waals surface area contributed by atoms with Crippen molar-refractivity contribution in [1.29, 1.82) is 0 Å². The highest BCUT2D eigenvalue weighted by Crippen LogP contribution is 2.43. The van der Waals surface area contributed by atoms with Crippen molar-refractivity contribution in [2.75, 3.05) is 0 Å². The van der Waals surface area contributed by atoms with Gasteiger partial charge in [-0.3, -0.25) is 4.21 Å². The molecule has 0 aliphatic rings. The summed E-state index contributed by atoms with van der Waals surface area (Å²) in [6, 6.07) is 0. The van der Waals surface area contributed by atoms with Crippen LogP contribution in [0.4, 0.5) is 0 Å². The molecule has 0 radical (unpaired) electrons. The molecule has 110 valence electrons. The first-order valence-electron chi connectivity index (χ1n) is 7.35. The third kappa shape index (κ3) is 2.84. The number of hydrogen-bond acceptors (Lipinski definition) is 1. The van der Waals surface area contributed by atoms with Gasteiger partial charge in [-0.2, -0.15) is 0 Å². The topological polar surface area (TPSA) is 17.1 Å². The van der Waals surface area contributed by atoms with Gasteiger partial charge in [-0.1, -0.05) is 55.4 Å². The van der Waals surface area contributed by atoms with E-state index in [1.54, 1.807) is 0 Å². The monoisotopic (exact) mass is 274 g/mol. The molecule has 0 aliphatic heterocycles. The standard InChI is InChI=1S/C16H34OS/c1-11(2)15(9,12(3)4)18(17)16(10,13(5)6)14(7)8/h11-14H,1-10H3. The van der Waals surface area contributed by atoms with E-state index in [0.29, 0.717) is 23.7 Å². The summed E-state index contributed by atoms with van der Waals surface area (Å²) in [6.07, 6.45) is 0. The zero-order chi connectivity index (χ0) is 14.9. The van der Waals surface area contributed by atoms with Crippen LogP contribution >= 0.6 is 0 Å². The normalized spacial score (nSPS) is 14.6. The minimum atomic E-state index is -0.847. The van der Waals surface area contributed by atoms with E-state index in [2.05, 4.69) is 69.2 Å². The smallest absolute Gasteiger partial charge is 0.0482 e. The average molecular weight is 275 g/mol. The molecule has 0 aromatic carbocycles. The highest BCUT2D eigenvalue weighted by molar-refractivity contribution is 7.87. The highest BCUT2D eigenvalue weighted by Gasteiger charge is 2.49. The molecule has 0 aromatic rings. The lowest BCUT2D eigenvalue weighted by atomic mass is 9.85. The van der Waals surface area contributed by atoms with Gasteiger partial charge in [0, 0.05) is 20.3 Å². The predicted octanol–water partition coefficient (Wildman–Crippen LogP) is 4.88. The quantitative estimate of drug-likeness (QED) is 0.675. The van der Waals surface area contributed by atoms with Crippen LogP contribution in [-0.4, -0.2) is 13.7 Å². The van der Waals surface area contributed by atoms with E-state index in [0.717, 1.165) is 0 Å². The number of rotatable bonds is 6. The van der Waals surface area contributed by atoms with Gasteiger partial charge in [-0.15, -0.1) is 0 Å². The summed E-state index contributed by atoms with van der Waals surface area (Å²) < 4.78 is 13.1. The molecule has 0 aliphatic carbocycles. The van der Waals surface area contributed by atoms with Gasteiger partial charge in [-0.25, -0.2) is 0 Å². The molecule has 0 saturated carbocycles. The Morgan fingerprint density at radius 3 is 0.889 bits per heavy atom. The Bertz CT molecular complexity index is 245. The van der Waals surface area contributed by atoms with Crippen LogP contribution in [0.2, 0.25) is 0 Å². The van der Waals surface area contributed by atoms with Gasteiger partial charge in [0.05, 0.1) is 0 Å². The van der Waals surface area contributed by atoms with E-state index in [1.165, 1.54) is 0 Å². The van der Waals surface area contributed by atoms with Crippen LogP contribution in [0.3, 0.4) is 0 Å². The Hall–Kier alpha value is 0.150. The summed E-state index contributed by atoms with van der Waals surface area (Å²) in [4.78, 5) is 0. The van der Waals surface area contributed by atoms with Gasteiger partial charge >= 0.3 is 0 Å². The zero-order valence-electron chi connectivity index (χ0n) is 14.1. The van der Waals surface area contributed by atoms with Gasteiger partial charge in [0.25, 0.3) is 0 Å². The Kier molecular flexibility index (Phi) is 6.12. The molecule has 0 heterocycles. The van der Waals surface area contributed by atoms with E-state index < -0.39 is 10.8 Å². The molecule has 0 N–H and O–H groups in total. The van der Waals surface area contributed by atoms with Crippen molar-refractivity contribution in [2.45, 2.75) is 78.7 Å². The van der Waals surface area contributed by atoms with Crippen LogP contribution in [0.5, 0.6) is 0 Å². The molecule has 0 fully saturated rings. The third-order valence-corrected chi connectivity index (χ3v) is 8.87. The van der Waals surface area contributed by atoms with Gasteiger partial charge in [0.2, 0.25) is 0 Å².